The lowest BCUT2D eigenvalue weighted by Gasteiger charge is -2.19. The van der Waals surface area contributed by atoms with Crippen LogP contribution in [0.25, 0.3) is 0 Å². The smallest absolute Gasteiger partial charge is 0.122 e. The van der Waals surface area contributed by atoms with Gasteiger partial charge in [0.1, 0.15) is 5.75 Å². The van der Waals surface area contributed by atoms with Crippen LogP contribution in [0.3, 0.4) is 0 Å². The normalized spacial score (nSPS) is 16.0. The van der Waals surface area contributed by atoms with E-state index in [2.05, 4.69) is 32.0 Å². The molecular formula is C14H21NO. The summed E-state index contributed by atoms with van der Waals surface area (Å²) in [5.41, 5.74) is 8.56. The molecule has 0 radical (unpaired) electrons. The molecule has 0 saturated heterocycles. The Kier molecular flexibility index (Phi) is 3.49. The summed E-state index contributed by atoms with van der Waals surface area (Å²) in [6, 6.07) is 6.56. The highest BCUT2D eigenvalue weighted by Gasteiger charge is 2.15. The van der Waals surface area contributed by atoms with Crippen LogP contribution in [0.4, 0.5) is 0 Å². The van der Waals surface area contributed by atoms with E-state index in [4.69, 9.17) is 10.5 Å². The van der Waals surface area contributed by atoms with Gasteiger partial charge in [0.15, 0.2) is 0 Å². The van der Waals surface area contributed by atoms with Crippen LogP contribution in [0.1, 0.15) is 25.0 Å². The first kappa shape index (κ1) is 11.5. The molecule has 2 N–H and O–H groups in total. The molecular weight excluding hydrogens is 198 g/mol. The third-order valence-corrected chi connectivity index (χ3v) is 3.50. The van der Waals surface area contributed by atoms with E-state index in [-0.39, 0.29) is 0 Å². The van der Waals surface area contributed by atoms with Crippen molar-refractivity contribution in [2.24, 2.45) is 17.6 Å². The first-order chi connectivity index (χ1) is 7.70. The van der Waals surface area contributed by atoms with Crippen LogP contribution in [0.5, 0.6) is 5.75 Å². The van der Waals surface area contributed by atoms with Gasteiger partial charge in [-0.1, -0.05) is 26.0 Å². The van der Waals surface area contributed by atoms with Crippen LogP contribution in [-0.4, -0.2) is 13.2 Å². The van der Waals surface area contributed by atoms with Crippen LogP contribution in [0.2, 0.25) is 0 Å². The number of nitrogens with two attached hydrogens (primary N) is 1. The Bertz CT molecular complexity index is 360. The summed E-state index contributed by atoms with van der Waals surface area (Å²) < 4.78 is 5.51. The van der Waals surface area contributed by atoms with Crippen LogP contribution in [-0.2, 0) is 12.8 Å². The highest BCUT2D eigenvalue weighted by Crippen LogP contribution is 2.27. The number of hydrogen-bond acceptors (Lipinski definition) is 2. The number of hydrogen-bond donors (Lipinski definition) is 1. The predicted molar refractivity (Wildman–Crippen MR) is 66.7 cm³/mol. The fourth-order valence-corrected chi connectivity index (χ4v) is 2.26. The Hall–Kier alpha value is -1.02. The molecule has 0 saturated carbocycles. The van der Waals surface area contributed by atoms with Gasteiger partial charge < -0.3 is 10.5 Å². The predicted octanol–water partition coefficient (Wildman–Crippen LogP) is 2.39. The molecule has 1 heterocycles. The van der Waals surface area contributed by atoms with Crippen LogP contribution >= 0.6 is 0 Å². The van der Waals surface area contributed by atoms with Crippen molar-refractivity contribution in [2.75, 3.05) is 13.2 Å². The van der Waals surface area contributed by atoms with E-state index in [1.54, 1.807) is 0 Å². The van der Waals surface area contributed by atoms with Crippen molar-refractivity contribution in [3.8, 4) is 5.75 Å². The first-order valence-electron chi connectivity index (χ1n) is 6.15. The number of rotatable bonds is 4. The highest BCUT2D eigenvalue weighted by atomic mass is 16.5. The van der Waals surface area contributed by atoms with Crippen molar-refractivity contribution >= 4 is 0 Å². The average Bonchev–Trinajstić information content (AvgIpc) is 2.72. The molecule has 0 spiro atoms. The standard InChI is InChI=1S/C14H21NO/c1-10(2)13(9-15)8-11-3-4-14-12(7-11)5-6-16-14/h3-4,7,10,13H,5-6,8-9,15H2,1-2H3. The highest BCUT2D eigenvalue weighted by molar-refractivity contribution is 5.39. The van der Waals surface area contributed by atoms with E-state index in [0.29, 0.717) is 11.8 Å². The van der Waals surface area contributed by atoms with Gasteiger partial charge >= 0.3 is 0 Å². The largest absolute Gasteiger partial charge is 0.493 e. The zero-order valence-electron chi connectivity index (χ0n) is 10.2. The molecule has 1 unspecified atom stereocenters. The lowest BCUT2D eigenvalue weighted by molar-refractivity contribution is 0.356. The molecule has 0 amide bonds. The average molecular weight is 219 g/mol. The Morgan fingerprint density at radius 2 is 2.19 bits per heavy atom. The van der Waals surface area contributed by atoms with Crippen molar-refractivity contribution in [2.45, 2.75) is 26.7 Å². The molecule has 2 nitrogen and oxygen atoms in total. The lowest BCUT2D eigenvalue weighted by Crippen LogP contribution is -2.22. The Balaban J connectivity index is 2.10. The quantitative estimate of drug-likeness (QED) is 0.844. The Labute approximate surface area is 97.8 Å². The van der Waals surface area contributed by atoms with Crippen LogP contribution < -0.4 is 10.5 Å². The summed E-state index contributed by atoms with van der Waals surface area (Å²) in [5, 5.41) is 0. The van der Waals surface area contributed by atoms with Crippen molar-refractivity contribution in [1.29, 1.82) is 0 Å². The van der Waals surface area contributed by atoms with Gasteiger partial charge in [0.2, 0.25) is 0 Å². The van der Waals surface area contributed by atoms with Crippen molar-refractivity contribution in [1.82, 2.24) is 0 Å². The molecule has 1 aromatic carbocycles. The third kappa shape index (κ3) is 2.38. The summed E-state index contributed by atoms with van der Waals surface area (Å²) in [7, 11) is 0. The third-order valence-electron chi connectivity index (χ3n) is 3.50. The Morgan fingerprint density at radius 1 is 1.38 bits per heavy atom. The van der Waals surface area contributed by atoms with Crippen LogP contribution in [0, 0.1) is 11.8 Å². The lowest BCUT2D eigenvalue weighted by atomic mass is 9.89. The monoisotopic (exact) mass is 219 g/mol. The van der Waals surface area contributed by atoms with E-state index in [1.165, 1.54) is 11.1 Å². The van der Waals surface area contributed by atoms with E-state index < -0.39 is 0 Å². The number of ether oxygens (including phenoxy) is 1. The molecule has 1 aromatic rings. The second-order valence-corrected chi connectivity index (χ2v) is 4.98. The molecule has 1 atom stereocenters. The summed E-state index contributed by atoms with van der Waals surface area (Å²) >= 11 is 0. The summed E-state index contributed by atoms with van der Waals surface area (Å²) in [4.78, 5) is 0. The maximum absolute atomic E-state index is 5.81. The van der Waals surface area contributed by atoms with E-state index >= 15 is 0 Å². The topological polar surface area (TPSA) is 35.2 Å². The second-order valence-electron chi connectivity index (χ2n) is 4.98. The fraction of sp³-hybridized carbons (Fsp3) is 0.571. The van der Waals surface area contributed by atoms with Crippen LogP contribution in [0.15, 0.2) is 18.2 Å². The van der Waals surface area contributed by atoms with Gasteiger partial charge in [0.25, 0.3) is 0 Å². The maximum atomic E-state index is 5.81. The first-order valence-corrected chi connectivity index (χ1v) is 6.15. The zero-order chi connectivity index (χ0) is 11.5. The fourth-order valence-electron chi connectivity index (χ4n) is 2.26. The molecule has 1 aliphatic heterocycles. The van der Waals surface area contributed by atoms with Gasteiger partial charge in [-0.3, -0.25) is 0 Å². The summed E-state index contributed by atoms with van der Waals surface area (Å²) in [5.74, 6) is 2.30. The number of benzene rings is 1. The van der Waals surface area contributed by atoms with Gasteiger partial charge in [0.05, 0.1) is 6.61 Å². The molecule has 16 heavy (non-hydrogen) atoms. The minimum atomic E-state index is 0.584. The molecule has 1 aliphatic rings. The SMILES string of the molecule is CC(C)C(CN)Cc1ccc2c(c1)CCO2. The number of fused-ring (bicyclic) bond motifs is 1. The molecule has 0 fully saturated rings. The molecule has 0 aliphatic carbocycles. The molecule has 2 rings (SSSR count). The zero-order valence-corrected chi connectivity index (χ0v) is 10.2. The Morgan fingerprint density at radius 3 is 2.88 bits per heavy atom. The molecule has 0 bridgehead atoms. The minimum absolute atomic E-state index is 0.584. The van der Waals surface area contributed by atoms with Crippen molar-refractivity contribution < 1.29 is 4.74 Å². The van der Waals surface area contributed by atoms with Crippen molar-refractivity contribution in [3.05, 3.63) is 29.3 Å². The minimum Gasteiger partial charge on any atom is -0.493 e. The van der Waals surface area contributed by atoms with E-state index in [0.717, 1.165) is 31.7 Å². The molecule has 0 aromatic heterocycles. The van der Waals surface area contributed by atoms with Gasteiger partial charge in [-0.15, -0.1) is 0 Å². The summed E-state index contributed by atoms with van der Waals surface area (Å²) in [6.45, 7) is 6.09. The van der Waals surface area contributed by atoms with Gasteiger partial charge in [0, 0.05) is 6.42 Å². The van der Waals surface area contributed by atoms with Gasteiger partial charge in [-0.2, -0.15) is 0 Å². The van der Waals surface area contributed by atoms with Gasteiger partial charge in [-0.05, 0) is 42.0 Å². The van der Waals surface area contributed by atoms with E-state index in [1.807, 2.05) is 0 Å². The molecule has 88 valence electrons. The van der Waals surface area contributed by atoms with E-state index in [9.17, 15) is 0 Å². The summed E-state index contributed by atoms with van der Waals surface area (Å²) in [6.07, 6.45) is 2.14. The second kappa shape index (κ2) is 4.88. The molecule has 2 heteroatoms. The van der Waals surface area contributed by atoms with Gasteiger partial charge in [-0.25, -0.2) is 0 Å². The maximum Gasteiger partial charge on any atom is 0.122 e. The van der Waals surface area contributed by atoms with Crippen molar-refractivity contribution in [3.63, 3.8) is 0 Å².